The summed E-state index contributed by atoms with van der Waals surface area (Å²) in [6, 6.07) is 12.1. The van der Waals surface area contributed by atoms with Gasteiger partial charge in [0, 0.05) is 6.20 Å². The minimum absolute atomic E-state index is 0.266. The second-order valence-electron chi connectivity index (χ2n) is 3.53. The Morgan fingerprint density at radius 3 is 2.53 bits per heavy atom. The van der Waals surface area contributed by atoms with Crippen LogP contribution in [0.4, 0.5) is 5.82 Å². The number of nitrogens with zero attached hydrogens (tertiary/aromatic N) is 2. The molecule has 2 heterocycles. The van der Waals surface area contributed by atoms with Crippen LogP contribution in [0.5, 0.6) is 0 Å². The summed E-state index contributed by atoms with van der Waals surface area (Å²) in [6.07, 6.45) is 1.57. The molecule has 0 N–H and O–H groups in total. The van der Waals surface area contributed by atoms with Crippen LogP contribution in [0.2, 0.25) is 0 Å². The third kappa shape index (κ3) is 1.47. The standard InChI is InChI=1S/C12H8N2O2S/c15-12-9-5-1-2-6-10(9)17(16)14(12)11-7-3-4-8-13-11/h1-8H. The molecule has 3 rings (SSSR count). The molecule has 1 aliphatic rings. The second kappa shape index (κ2) is 3.78. The van der Waals surface area contributed by atoms with Gasteiger partial charge in [-0.1, -0.05) is 18.2 Å². The largest absolute Gasteiger partial charge is 0.273 e. The zero-order valence-electron chi connectivity index (χ0n) is 8.74. The van der Waals surface area contributed by atoms with Crippen LogP contribution in [0.3, 0.4) is 0 Å². The lowest BCUT2D eigenvalue weighted by Gasteiger charge is -2.11. The number of anilines is 1. The summed E-state index contributed by atoms with van der Waals surface area (Å²) in [5, 5.41) is 0. The van der Waals surface area contributed by atoms with Crippen molar-refractivity contribution in [3.63, 3.8) is 0 Å². The van der Waals surface area contributed by atoms with E-state index in [9.17, 15) is 9.00 Å². The van der Waals surface area contributed by atoms with Gasteiger partial charge in [0.15, 0.2) is 11.0 Å². The Kier molecular flexibility index (Phi) is 2.26. The molecule has 1 atom stereocenters. The van der Waals surface area contributed by atoms with E-state index in [1.165, 1.54) is 4.31 Å². The topological polar surface area (TPSA) is 50.3 Å². The molecule has 17 heavy (non-hydrogen) atoms. The van der Waals surface area contributed by atoms with E-state index in [0.29, 0.717) is 16.3 Å². The normalized spacial score (nSPS) is 18.2. The Morgan fingerprint density at radius 1 is 1.06 bits per heavy atom. The number of fused-ring (bicyclic) bond motifs is 1. The highest BCUT2D eigenvalue weighted by atomic mass is 32.2. The van der Waals surface area contributed by atoms with Gasteiger partial charge in [0.2, 0.25) is 0 Å². The average molecular weight is 244 g/mol. The van der Waals surface area contributed by atoms with Gasteiger partial charge in [-0.05, 0) is 24.3 Å². The average Bonchev–Trinajstić information content (AvgIpc) is 2.64. The van der Waals surface area contributed by atoms with E-state index >= 15 is 0 Å². The van der Waals surface area contributed by atoms with E-state index in [1.807, 2.05) is 0 Å². The monoisotopic (exact) mass is 244 g/mol. The van der Waals surface area contributed by atoms with Crippen molar-refractivity contribution in [3.8, 4) is 0 Å². The molecular formula is C12H8N2O2S. The van der Waals surface area contributed by atoms with E-state index in [-0.39, 0.29) is 5.91 Å². The molecule has 1 aliphatic heterocycles. The van der Waals surface area contributed by atoms with E-state index in [2.05, 4.69) is 4.98 Å². The molecular weight excluding hydrogens is 236 g/mol. The maximum Gasteiger partial charge on any atom is 0.273 e. The number of amides is 1. The summed E-state index contributed by atoms with van der Waals surface area (Å²) < 4.78 is 13.4. The van der Waals surface area contributed by atoms with Crippen LogP contribution in [-0.4, -0.2) is 15.1 Å². The highest BCUT2D eigenvalue weighted by Crippen LogP contribution is 2.29. The van der Waals surface area contributed by atoms with Crippen molar-refractivity contribution in [2.24, 2.45) is 0 Å². The highest BCUT2D eigenvalue weighted by Gasteiger charge is 2.35. The van der Waals surface area contributed by atoms with Crippen LogP contribution in [0, 0.1) is 0 Å². The van der Waals surface area contributed by atoms with Crippen LogP contribution >= 0.6 is 0 Å². The second-order valence-corrected chi connectivity index (χ2v) is 4.84. The number of carbonyl (C=O) groups excluding carboxylic acids is 1. The molecule has 1 aromatic heterocycles. The van der Waals surface area contributed by atoms with Crippen molar-refractivity contribution in [2.75, 3.05) is 4.31 Å². The predicted molar refractivity (Wildman–Crippen MR) is 63.9 cm³/mol. The van der Waals surface area contributed by atoms with Crippen LogP contribution in [0.15, 0.2) is 53.6 Å². The van der Waals surface area contributed by atoms with E-state index < -0.39 is 11.0 Å². The Hall–Kier alpha value is -2.01. The molecule has 1 unspecified atom stereocenters. The molecule has 0 radical (unpaired) electrons. The van der Waals surface area contributed by atoms with Gasteiger partial charge < -0.3 is 0 Å². The van der Waals surface area contributed by atoms with Crippen LogP contribution in [0.1, 0.15) is 10.4 Å². The van der Waals surface area contributed by atoms with Gasteiger partial charge in [0.1, 0.15) is 5.82 Å². The molecule has 0 fully saturated rings. The van der Waals surface area contributed by atoms with Gasteiger partial charge in [0.25, 0.3) is 5.91 Å². The minimum atomic E-state index is -1.50. The highest BCUT2D eigenvalue weighted by molar-refractivity contribution is 7.88. The number of hydrogen-bond acceptors (Lipinski definition) is 3. The number of aromatic nitrogens is 1. The Balaban J connectivity index is 2.13. The summed E-state index contributed by atoms with van der Waals surface area (Å²) in [7, 11) is -1.50. The Labute approximate surface area is 100 Å². The van der Waals surface area contributed by atoms with E-state index in [4.69, 9.17) is 0 Å². The van der Waals surface area contributed by atoms with Gasteiger partial charge in [-0.25, -0.2) is 13.5 Å². The summed E-state index contributed by atoms with van der Waals surface area (Å²) in [6.45, 7) is 0. The third-order valence-corrected chi connectivity index (χ3v) is 3.93. The lowest BCUT2D eigenvalue weighted by Crippen LogP contribution is -2.26. The first-order valence-electron chi connectivity index (χ1n) is 5.05. The summed E-state index contributed by atoms with van der Waals surface area (Å²) in [5.74, 6) is 0.143. The fourth-order valence-corrected chi connectivity index (χ4v) is 3.00. The SMILES string of the molecule is O=C1c2ccccc2S(=O)N1c1ccccn1. The molecule has 5 heteroatoms. The van der Waals surface area contributed by atoms with Gasteiger partial charge >= 0.3 is 0 Å². The fourth-order valence-electron chi connectivity index (χ4n) is 1.74. The molecule has 84 valence electrons. The molecule has 1 amide bonds. The van der Waals surface area contributed by atoms with Gasteiger partial charge in [-0.15, -0.1) is 0 Å². The quantitative estimate of drug-likeness (QED) is 0.768. The van der Waals surface area contributed by atoms with Gasteiger partial charge in [-0.2, -0.15) is 0 Å². The van der Waals surface area contributed by atoms with Crippen molar-refractivity contribution in [2.45, 2.75) is 4.90 Å². The van der Waals surface area contributed by atoms with Crippen molar-refractivity contribution in [1.82, 2.24) is 4.98 Å². The van der Waals surface area contributed by atoms with Gasteiger partial charge in [-0.3, -0.25) is 4.79 Å². The number of rotatable bonds is 1. The van der Waals surface area contributed by atoms with E-state index in [1.54, 1.807) is 48.7 Å². The molecule has 0 aliphatic carbocycles. The maximum absolute atomic E-state index is 12.2. The van der Waals surface area contributed by atoms with Crippen molar-refractivity contribution in [3.05, 3.63) is 54.2 Å². The Bertz CT molecular complexity index is 578. The van der Waals surface area contributed by atoms with E-state index in [0.717, 1.165) is 0 Å². The summed E-state index contributed by atoms with van der Waals surface area (Å²) in [4.78, 5) is 16.7. The number of hydrogen-bond donors (Lipinski definition) is 0. The van der Waals surface area contributed by atoms with Crippen LogP contribution < -0.4 is 4.31 Å². The van der Waals surface area contributed by atoms with Crippen LogP contribution in [0.25, 0.3) is 0 Å². The molecule has 0 bridgehead atoms. The fraction of sp³-hybridized carbons (Fsp3) is 0. The predicted octanol–water partition coefficient (Wildman–Crippen LogP) is 1.76. The first-order valence-corrected chi connectivity index (χ1v) is 6.16. The third-order valence-electron chi connectivity index (χ3n) is 2.51. The van der Waals surface area contributed by atoms with Crippen molar-refractivity contribution >= 4 is 22.7 Å². The summed E-state index contributed by atoms with van der Waals surface area (Å²) >= 11 is 0. The van der Waals surface area contributed by atoms with Gasteiger partial charge in [0.05, 0.1) is 10.5 Å². The minimum Gasteiger partial charge on any atom is -0.268 e. The maximum atomic E-state index is 12.2. The Morgan fingerprint density at radius 2 is 1.82 bits per heavy atom. The molecule has 2 aromatic rings. The number of carbonyl (C=O) groups is 1. The molecule has 0 saturated carbocycles. The zero-order valence-corrected chi connectivity index (χ0v) is 9.55. The lowest BCUT2D eigenvalue weighted by atomic mass is 10.2. The smallest absolute Gasteiger partial charge is 0.268 e. The molecule has 1 aromatic carbocycles. The lowest BCUT2D eigenvalue weighted by molar-refractivity contribution is 0.101. The molecule has 4 nitrogen and oxygen atoms in total. The van der Waals surface area contributed by atoms with Crippen molar-refractivity contribution < 1.29 is 9.00 Å². The first-order chi connectivity index (χ1) is 8.29. The zero-order chi connectivity index (χ0) is 11.8. The first kappa shape index (κ1) is 10.2. The summed E-state index contributed by atoms with van der Waals surface area (Å²) in [5.41, 5.74) is 0.483. The molecule has 0 spiro atoms. The van der Waals surface area contributed by atoms with Crippen molar-refractivity contribution in [1.29, 1.82) is 0 Å². The van der Waals surface area contributed by atoms with Crippen LogP contribution in [-0.2, 0) is 11.0 Å². The number of pyridine rings is 1. The number of benzene rings is 1. The molecule has 0 saturated heterocycles.